The zero-order chi connectivity index (χ0) is 20.1. The van der Waals surface area contributed by atoms with Gasteiger partial charge in [0.05, 0.1) is 12.1 Å². The summed E-state index contributed by atoms with van der Waals surface area (Å²) in [6.07, 6.45) is 0.108. The molecule has 3 rings (SSSR count). The minimum atomic E-state index is -0.295. The largest absolute Gasteiger partial charge is 0.331 e. The van der Waals surface area contributed by atoms with Gasteiger partial charge in [0.25, 0.3) is 0 Å². The molecule has 3 aromatic rings. The number of nitrogens with one attached hydrogen (secondary N) is 3. The number of carbonyl (C=O) groups excluding carboxylic acids is 1. The highest BCUT2D eigenvalue weighted by Crippen LogP contribution is 2.24. The predicted molar refractivity (Wildman–Crippen MR) is 115 cm³/mol. The van der Waals surface area contributed by atoms with E-state index in [1.165, 1.54) is 23.5 Å². The van der Waals surface area contributed by atoms with Crippen LogP contribution in [-0.2, 0) is 11.2 Å². The fourth-order valence-corrected chi connectivity index (χ4v) is 3.46. The van der Waals surface area contributed by atoms with Crippen molar-refractivity contribution in [2.45, 2.75) is 20.3 Å². The average Bonchev–Trinajstić information content (AvgIpc) is 3.12. The summed E-state index contributed by atoms with van der Waals surface area (Å²) in [4.78, 5) is 16.6. The number of carbonyl (C=O) groups is 1. The summed E-state index contributed by atoms with van der Waals surface area (Å²) in [5.41, 5.74) is 9.76. The van der Waals surface area contributed by atoms with Crippen LogP contribution in [0.25, 0.3) is 10.6 Å². The van der Waals surface area contributed by atoms with Crippen molar-refractivity contribution >= 4 is 40.3 Å². The average molecular weight is 415 g/mol. The van der Waals surface area contributed by atoms with E-state index in [9.17, 15) is 9.18 Å². The fourth-order valence-electron chi connectivity index (χ4n) is 2.47. The van der Waals surface area contributed by atoms with Crippen LogP contribution < -0.4 is 16.2 Å². The lowest BCUT2D eigenvalue weighted by Crippen LogP contribution is -2.44. The van der Waals surface area contributed by atoms with Crippen molar-refractivity contribution in [2.75, 3.05) is 5.32 Å². The third kappa shape index (κ3) is 5.34. The van der Waals surface area contributed by atoms with E-state index in [2.05, 4.69) is 21.2 Å². The molecule has 0 bridgehead atoms. The van der Waals surface area contributed by atoms with Crippen molar-refractivity contribution in [1.29, 1.82) is 0 Å². The van der Waals surface area contributed by atoms with E-state index in [0.29, 0.717) is 10.8 Å². The summed E-state index contributed by atoms with van der Waals surface area (Å²) >= 11 is 6.63. The second-order valence-electron chi connectivity index (χ2n) is 6.27. The molecule has 1 heterocycles. The molecule has 28 heavy (non-hydrogen) atoms. The molecule has 0 aliphatic carbocycles. The lowest BCUT2D eigenvalue weighted by atomic mass is 10.1. The Hall–Kier alpha value is -2.84. The first-order valence-corrected chi connectivity index (χ1v) is 9.83. The van der Waals surface area contributed by atoms with Gasteiger partial charge in [0.1, 0.15) is 10.8 Å². The van der Waals surface area contributed by atoms with Crippen molar-refractivity contribution in [2.24, 2.45) is 0 Å². The number of nitrogens with zero attached hydrogens (tertiary/aromatic N) is 1. The molecular weight excluding hydrogens is 395 g/mol. The van der Waals surface area contributed by atoms with E-state index < -0.39 is 0 Å². The van der Waals surface area contributed by atoms with Gasteiger partial charge in [-0.05, 0) is 67.5 Å². The molecule has 8 heteroatoms. The van der Waals surface area contributed by atoms with Gasteiger partial charge in [-0.15, -0.1) is 11.3 Å². The molecule has 0 aliphatic rings. The number of aromatic nitrogens is 1. The lowest BCUT2D eigenvalue weighted by molar-refractivity contribution is -0.121. The molecule has 0 saturated carbocycles. The third-order valence-electron chi connectivity index (χ3n) is 3.94. The van der Waals surface area contributed by atoms with Crippen LogP contribution in [0, 0.1) is 19.7 Å². The Bertz CT molecular complexity index is 1000. The third-order valence-corrected chi connectivity index (χ3v) is 5.09. The van der Waals surface area contributed by atoms with E-state index in [-0.39, 0.29) is 18.1 Å². The van der Waals surface area contributed by atoms with Crippen LogP contribution in [0.1, 0.15) is 16.8 Å². The number of thiocarbonyl (C=S) groups is 1. The molecule has 5 nitrogen and oxygen atoms in total. The van der Waals surface area contributed by atoms with Gasteiger partial charge in [-0.25, -0.2) is 9.37 Å². The number of hydrogen-bond donors (Lipinski definition) is 3. The van der Waals surface area contributed by atoms with Gasteiger partial charge in [0.15, 0.2) is 5.11 Å². The van der Waals surface area contributed by atoms with Gasteiger partial charge in [-0.3, -0.25) is 15.6 Å². The number of benzene rings is 2. The van der Waals surface area contributed by atoms with Gasteiger partial charge in [0.2, 0.25) is 5.91 Å². The molecule has 0 radical (unpaired) electrons. The molecule has 2 aromatic carbocycles. The van der Waals surface area contributed by atoms with Crippen LogP contribution in [0.3, 0.4) is 0 Å². The summed E-state index contributed by atoms with van der Waals surface area (Å²) < 4.78 is 13.0. The Balaban J connectivity index is 1.51. The highest BCUT2D eigenvalue weighted by molar-refractivity contribution is 7.80. The normalized spacial score (nSPS) is 10.4. The number of rotatable bonds is 4. The first kappa shape index (κ1) is 19.9. The van der Waals surface area contributed by atoms with Crippen LogP contribution in [-0.4, -0.2) is 16.0 Å². The predicted octanol–water partition coefficient (Wildman–Crippen LogP) is 4.13. The number of amides is 1. The van der Waals surface area contributed by atoms with E-state index in [4.69, 9.17) is 12.2 Å². The number of halogens is 1. The standard InChI is InChI=1S/C20H19FN4OS2/c1-12-3-4-13(2)17(9-12)23-20(27)25-24-18(26)10-16-11-28-19(22-16)14-5-7-15(21)8-6-14/h3-9,11H,10H2,1-2H3,(H,24,26)(H2,23,25,27). The van der Waals surface area contributed by atoms with Gasteiger partial charge in [-0.1, -0.05) is 12.1 Å². The molecule has 0 fully saturated rings. The number of hydrogen-bond acceptors (Lipinski definition) is 4. The van der Waals surface area contributed by atoms with Crippen LogP contribution in [0.15, 0.2) is 47.8 Å². The highest BCUT2D eigenvalue weighted by atomic mass is 32.1. The second kappa shape index (κ2) is 8.90. The molecule has 0 aliphatic heterocycles. The number of thiazole rings is 1. The molecule has 0 unspecified atom stereocenters. The number of anilines is 1. The molecule has 0 atom stereocenters. The van der Waals surface area contributed by atoms with Crippen LogP contribution in [0.2, 0.25) is 0 Å². The molecule has 0 spiro atoms. The summed E-state index contributed by atoms with van der Waals surface area (Å²) in [6.45, 7) is 3.97. The fraction of sp³-hybridized carbons (Fsp3) is 0.150. The molecule has 3 N–H and O–H groups in total. The molecule has 144 valence electrons. The van der Waals surface area contributed by atoms with Gasteiger partial charge < -0.3 is 5.32 Å². The Morgan fingerprint density at radius 1 is 1.14 bits per heavy atom. The maximum absolute atomic E-state index is 13.0. The SMILES string of the molecule is Cc1ccc(C)c(NC(=S)NNC(=O)Cc2csc(-c3ccc(F)cc3)n2)c1. The quantitative estimate of drug-likeness (QED) is 0.443. The second-order valence-corrected chi connectivity index (χ2v) is 7.54. The van der Waals surface area contributed by atoms with E-state index >= 15 is 0 Å². The van der Waals surface area contributed by atoms with Crippen molar-refractivity contribution in [3.63, 3.8) is 0 Å². The van der Waals surface area contributed by atoms with E-state index in [1.807, 2.05) is 37.4 Å². The summed E-state index contributed by atoms with van der Waals surface area (Å²) in [5, 5.41) is 5.91. The molecular formula is C20H19FN4OS2. The Morgan fingerprint density at radius 3 is 2.64 bits per heavy atom. The summed E-state index contributed by atoms with van der Waals surface area (Å²) in [7, 11) is 0. The van der Waals surface area contributed by atoms with Crippen LogP contribution in [0.4, 0.5) is 10.1 Å². The lowest BCUT2D eigenvalue weighted by Gasteiger charge is -2.13. The van der Waals surface area contributed by atoms with Crippen molar-refractivity contribution < 1.29 is 9.18 Å². The van der Waals surface area contributed by atoms with Gasteiger partial charge in [0, 0.05) is 16.6 Å². The van der Waals surface area contributed by atoms with E-state index in [0.717, 1.165) is 27.4 Å². The van der Waals surface area contributed by atoms with Gasteiger partial charge >= 0.3 is 0 Å². The number of aryl methyl sites for hydroxylation is 2. The maximum atomic E-state index is 13.0. The van der Waals surface area contributed by atoms with Crippen LogP contribution in [0.5, 0.6) is 0 Å². The number of hydrazine groups is 1. The topological polar surface area (TPSA) is 66.0 Å². The van der Waals surface area contributed by atoms with Crippen molar-refractivity contribution in [3.8, 4) is 10.6 Å². The van der Waals surface area contributed by atoms with Gasteiger partial charge in [-0.2, -0.15) is 0 Å². The smallest absolute Gasteiger partial charge is 0.244 e. The Morgan fingerprint density at radius 2 is 1.89 bits per heavy atom. The monoisotopic (exact) mass is 414 g/mol. The minimum Gasteiger partial charge on any atom is -0.331 e. The summed E-state index contributed by atoms with van der Waals surface area (Å²) in [5.74, 6) is -0.558. The first-order chi connectivity index (χ1) is 13.4. The highest BCUT2D eigenvalue weighted by Gasteiger charge is 2.10. The summed E-state index contributed by atoms with van der Waals surface area (Å²) in [6, 6.07) is 12.1. The first-order valence-electron chi connectivity index (χ1n) is 8.54. The molecule has 1 amide bonds. The molecule has 0 saturated heterocycles. The molecule has 1 aromatic heterocycles. The minimum absolute atomic E-state index is 0.108. The van der Waals surface area contributed by atoms with Crippen molar-refractivity contribution in [3.05, 3.63) is 70.5 Å². The Kier molecular flexibility index (Phi) is 6.33. The maximum Gasteiger partial charge on any atom is 0.244 e. The van der Waals surface area contributed by atoms with Crippen LogP contribution >= 0.6 is 23.6 Å². The zero-order valence-electron chi connectivity index (χ0n) is 15.4. The van der Waals surface area contributed by atoms with E-state index in [1.54, 1.807) is 12.1 Å². The zero-order valence-corrected chi connectivity index (χ0v) is 17.0. The van der Waals surface area contributed by atoms with Crippen molar-refractivity contribution in [1.82, 2.24) is 15.8 Å². The Labute approximate surface area is 172 Å².